The fourth-order valence-corrected chi connectivity index (χ4v) is 1.99. The van der Waals surface area contributed by atoms with Crippen LogP contribution in [0, 0.1) is 17.8 Å². The highest BCUT2D eigenvalue weighted by atomic mass is 16.4. The summed E-state index contributed by atoms with van der Waals surface area (Å²) >= 11 is 0. The Morgan fingerprint density at radius 2 is 2.09 bits per heavy atom. The van der Waals surface area contributed by atoms with E-state index in [1.54, 1.807) is 0 Å². The Kier molecular flexibility index (Phi) is 1.60. The fourth-order valence-electron chi connectivity index (χ4n) is 1.99. The summed E-state index contributed by atoms with van der Waals surface area (Å²) in [6, 6.07) is 0. The van der Waals surface area contributed by atoms with E-state index in [1.807, 2.05) is 0 Å². The first-order valence-electron chi connectivity index (χ1n) is 4.22. The second-order valence-corrected chi connectivity index (χ2v) is 3.60. The van der Waals surface area contributed by atoms with Crippen LogP contribution in [0.2, 0.25) is 0 Å². The molecule has 0 unspecified atom stereocenters. The van der Waals surface area contributed by atoms with Crippen LogP contribution in [0.5, 0.6) is 0 Å². The molecule has 11 heavy (non-hydrogen) atoms. The van der Waals surface area contributed by atoms with E-state index in [9.17, 15) is 4.79 Å². The van der Waals surface area contributed by atoms with Gasteiger partial charge in [-0.05, 0) is 31.2 Å². The summed E-state index contributed by atoms with van der Waals surface area (Å²) in [6.07, 6.45) is 2.49. The molecule has 2 fully saturated rings. The average Bonchev–Trinajstić information content (AvgIpc) is 2.68. The van der Waals surface area contributed by atoms with E-state index in [0.717, 1.165) is 6.54 Å². The summed E-state index contributed by atoms with van der Waals surface area (Å²) < 4.78 is 0. The van der Waals surface area contributed by atoms with Gasteiger partial charge in [-0.3, -0.25) is 4.79 Å². The average molecular weight is 155 g/mol. The van der Waals surface area contributed by atoms with Gasteiger partial charge in [-0.25, -0.2) is 0 Å². The van der Waals surface area contributed by atoms with E-state index in [1.165, 1.54) is 12.8 Å². The molecular weight excluding hydrogens is 142 g/mol. The summed E-state index contributed by atoms with van der Waals surface area (Å²) in [4.78, 5) is 10.7. The Labute approximate surface area is 65.8 Å². The lowest BCUT2D eigenvalue weighted by Crippen LogP contribution is -2.23. The van der Waals surface area contributed by atoms with Crippen molar-refractivity contribution in [3.8, 4) is 0 Å². The molecule has 1 saturated heterocycles. The molecular formula is C8H13NO2. The van der Waals surface area contributed by atoms with Crippen LogP contribution in [0.25, 0.3) is 0 Å². The van der Waals surface area contributed by atoms with Crippen LogP contribution in [0.1, 0.15) is 12.8 Å². The van der Waals surface area contributed by atoms with Gasteiger partial charge in [-0.15, -0.1) is 0 Å². The number of nitrogens with one attached hydrogen (secondary N) is 1. The lowest BCUT2D eigenvalue weighted by molar-refractivity contribution is -0.142. The molecule has 0 aromatic rings. The van der Waals surface area contributed by atoms with E-state index in [0.29, 0.717) is 18.4 Å². The van der Waals surface area contributed by atoms with Crippen molar-refractivity contribution < 1.29 is 9.90 Å². The molecule has 1 saturated carbocycles. The third-order valence-electron chi connectivity index (χ3n) is 2.81. The molecule has 3 nitrogen and oxygen atoms in total. The maximum absolute atomic E-state index is 10.7. The number of hydrogen-bond donors (Lipinski definition) is 2. The zero-order valence-corrected chi connectivity index (χ0v) is 6.42. The van der Waals surface area contributed by atoms with Crippen LogP contribution in [0.15, 0.2) is 0 Å². The minimum atomic E-state index is -0.619. The number of carboxylic acids is 1. The standard InChI is InChI=1S/C8H13NO2/c10-8(11)7-4-9-3-6(7)5-1-2-5/h5-7,9H,1-4H2,(H,10,11)/t6-,7-/m0/s1. The van der Waals surface area contributed by atoms with Crippen LogP contribution in [0.4, 0.5) is 0 Å². The van der Waals surface area contributed by atoms with Crippen LogP contribution >= 0.6 is 0 Å². The number of carbonyl (C=O) groups is 1. The normalized spacial score (nSPS) is 37.5. The second-order valence-electron chi connectivity index (χ2n) is 3.60. The van der Waals surface area contributed by atoms with Gasteiger partial charge in [0, 0.05) is 6.54 Å². The van der Waals surface area contributed by atoms with Gasteiger partial charge < -0.3 is 10.4 Å². The quantitative estimate of drug-likeness (QED) is 0.603. The molecule has 2 rings (SSSR count). The highest BCUT2D eigenvalue weighted by Gasteiger charge is 2.42. The Morgan fingerprint density at radius 3 is 2.64 bits per heavy atom. The number of hydrogen-bond acceptors (Lipinski definition) is 2. The van der Waals surface area contributed by atoms with Crippen molar-refractivity contribution >= 4 is 5.97 Å². The molecule has 3 heteroatoms. The van der Waals surface area contributed by atoms with E-state index >= 15 is 0 Å². The molecule has 1 heterocycles. The van der Waals surface area contributed by atoms with E-state index < -0.39 is 5.97 Å². The van der Waals surface area contributed by atoms with Gasteiger partial charge in [0.25, 0.3) is 0 Å². The molecule has 0 aromatic carbocycles. The third kappa shape index (κ3) is 1.25. The van der Waals surface area contributed by atoms with Crippen molar-refractivity contribution in [1.29, 1.82) is 0 Å². The highest BCUT2D eigenvalue weighted by Crippen LogP contribution is 2.41. The summed E-state index contributed by atoms with van der Waals surface area (Å²) in [7, 11) is 0. The molecule has 0 bridgehead atoms. The van der Waals surface area contributed by atoms with Crippen molar-refractivity contribution in [1.82, 2.24) is 5.32 Å². The van der Waals surface area contributed by atoms with Crippen LogP contribution < -0.4 is 5.32 Å². The monoisotopic (exact) mass is 155 g/mol. The summed E-state index contributed by atoms with van der Waals surface area (Å²) in [5, 5.41) is 12.0. The molecule has 2 N–H and O–H groups in total. The SMILES string of the molecule is O=C(O)[C@H]1CNC[C@H]1C1CC1. The first-order valence-corrected chi connectivity index (χ1v) is 4.22. The van der Waals surface area contributed by atoms with Crippen molar-refractivity contribution in [3.63, 3.8) is 0 Å². The lowest BCUT2D eigenvalue weighted by atomic mass is 9.92. The molecule has 0 amide bonds. The number of carboxylic acid groups (broad SMARTS) is 1. The van der Waals surface area contributed by atoms with Crippen molar-refractivity contribution in [2.45, 2.75) is 12.8 Å². The molecule has 62 valence electrons. The Bertz CT molecular complexity index is 177. The molecule has 0 spiro atoms. The molecule has 0 aromatic heterocycles. The zero-order chi connectivity index (χ0) is 7.84. The number of rotatable bonds is 2. The summed E-state index contributed by atoms with van der Waals surface area (Å²) in [6.45, 7) is 1.60. The highest BCUT2D eigenvalue weighted by molar-refractivity contribution is 5.71. The predicted molar refractivity (Wildman–Crippen MR) is 40.2 cm³/mol. The topological polar surface area (TPSA) is 49.3 Å². The molecule has 1 aliphatic heterocycles. The van der Waals surface area contributed by atoms with E-state index in [4.69, 9.17) is 5.11 Å². The Morgan fingerprint density at radius 1 is 1.36 bits per heavy atom. The molecule has 1 aliphatic carbocycles. The molecule has 2 atom stereocenters. The van der Waals surface area contributed by atoms with E-state index in [-0.39, 0.29) is 5.92 Å². The maximum Gasteiger partial charge on any atom is 0.308 e. The first-order chi connectivity index (χ1) is 5.29. The van der Waals surface area contributed by atoms with Crippen LogP contribution in [0.3, 0.4) is 0 Å². The first kappa shape index (κ1) is 7.10. The Hall–Kier alpha value is -0.570. The van der Waals surface area contributed by atoms with Gasteiger partial charge in [-0.1, -0.05) is 0 Å². The largest absolute Gasteiger partial charge is 0.481 e. The second kappa shape index (κ2) is 2.48. The number of aliphatic carboxylic acids is 1. The van der Waals surface area contributed by atoms with Crippen molar-refractivity contribution in [2.75, 3.05) is 13.1 Å². The minimum absolute atomic E-state index is 0.109. The van der Waals surface area contributed by atoms with Gasteiger partial charge in [0.15, 0.2) is 0 Å². The summed E-state index contributed by atoms with van der Waals surface area (Å²) in [5.74, 6) is 0.410. The maximum atomic E-state index is 10.7. The smallest absolute Gasteiger partial charge is 0.308 e. The third-order valence-corrected chi connectivity index (χ3v) is 2.81. The van der Waals surface area contributed by atoms with Gasteiger partial charge in [0.2, 0.25) is 0 Å². The van der Waals surface area contributed by atoms with Gasteiger partial charge >= 0.3 is 5.97 Å². The summed E-state index contributed by atoms with van der Waals surface area (Å²) in [5.41, 5.74) is 0. The predicted octanol–water partition coefficient (Wildman–Crippen LogP) is 0.317. The van der Waals surface area contributed by atoms with Gasteiger partial charge in [0.1, 0.15) is 0 Å². The fraction of sp³-hybridized carbons (Fsp3) is 0.875. The minimum Gasteiger partial charge on any atom is -0.481 e. The molecule has 2 aliphatic rings. The van der Waals surface area contributed by atoms with Crippen LogP contribution in [-0.4, -0.2) is 24.2 Å². The van der Waals surface area contributed by atoms with Crippen molar-refractivity contribution in [2.24, 2.45) is 17.8 Å². The van der Waals surface area contributed by atoms with Gasteiger partial charge in [0.05, 0.1) is 5.92 Å². The molecule has 0 radical (unpaired) electrons. The zero-order valence-electron chi connectivity index (χ0n) is 6.42. The lowest BCUT2D eigenvalue weighted by Gasteiger charge is -2.12. The van der Waals surface area contributed by atoms with Crippen LogP contribution in [-0.2, 0) is 4.79 Å². The van der Waals surface area contributed by atoms with Gasteiger partial charge in [-0.2, -0.15) is 0 Å². The Balaban J connectivity index is 2.01. The van der Waals surface area contributed by atoms with E-state index in [2.05, 4.69) is 5.32 Å². The van der Waals surface area contributed by atoms with Crippen molar-refractivity contribution in [3.05, 3.63) is 0 Å².